The normalized spacial score (nSPS) is 18.5. The van der Waals surface area contributed by atoms with Gasteiger partial charge in [0.15, 0.2) is 6.10 Å². The summed E-state index contributed by atoms with van der Waals surface area (Å²) < 4.78 is 10.4. The molecule has 1 aromatic carbocycles. The van der Waals surface area contributed by atoms with Crippen molar-refractivity contribution < 1.29 is 24.2 Å². The van der Waals surface area contributed by atoms with Crippen LogP contribution < -0.4 is 4.74 Å². The smallest absolute Gasteiger partial charge is 0.334 e. The molecule has 1 fully saturated rings. The average Bonchev–Trinajstić information content (AvgIpc) is 2.52. The third kappa shape index (κ3) is 3.85. The first-order chi connectivity index (χ1) is 10.5. The summed E-state index contributed by atoms with van der Waals surface area (Å²) in [5.74, 6) is -0.611. The highest BCUT2D eigenvalue weighted by Crippen LogP contribution is 2.21. The molecule has 6 nitrogen and oxygen atoms in total. The molecule has 1 aliphatic rings. The maximum atomic E-state index is 12.2. The molecule has 1 atom stereocenters. The molecule has 6 heteroatoms. The summed E-state index contributed by atoms with van der Waals surface area (Å²) in [4.78, 5) is 24.6. The van der Waals surface area contributed by atoms with Gasteiger partial charge in [-0.25, -0.2) is 4.79 Å². The minimum atomic E-state index is -1.05. The zero-order chi connectivity index (χ0) is 16.1. The van der Waals surface area contributed by atoms with E-state index < -0.39 is 12.1 Å². The standard InChI is InChI=1S/C16H19NO5/c1-11-3-5-13(21-2)12(9-11)4-6-15(18)17-7-8-22-14(10-17)16(19)20/h3-6,9,14H,7-8,10H2,1-2H3,(H,19,20). The summed E-state index contributed by atoms with van der Waals surface area (Å²) in [5, 5.41) is 8.95. The highest BCUT2D eigenvalue weighted by Gasteiger charge is 2.27. The molecule has 2 rings (SSSR count). The first-order valence-corrected chi connectivity index (χ1v) is 6.97. The second-order valence-corrected chi connectivity index (χ2v) is 5.06. The first kappa shape index (κ1) is 16.0. The van der Waals surface area contributed by atoms with Gasteiger partial charge in [-0.1, -0.05) is 11.6 Å². The number of nitrogens with zero attached hydrogens (tertiary/aromatic N) is 1. The van der Waals surface area contributed by atoms with Crippen LogP contribution in [0.25, 0.3) is 6.08 Å². The van der Waals surface area contributed by atoms with E-state index in [1.165, 1.54) is 11.0 Å². The summed E-state index contributed by atoms with van der Waals surface area (Å²) in [6.45, 7) is 2.63. The molecule has 0 aliphatic carbocycles. The minimum Gasteiger partial charge on any atom is -0.496 e. The van der Waals surface area contributed by atoms with E-state index in [4.69, 9.17) is 14.6 Å². The van der Waals surface area contributed by atoms with E-state index in [0.29, 0.717) is 12.3 Å². The van der Waals surface area contributed by atoms with E-state index in [9.17, 15) is 9.59 Å². The lowest BCUT2D eigenvalue weighted by molar-refractivity contribution is -0.158. The number of hydrogen-bond donors (Lipinski definition) is 1. The molecule has 118 valence electrons. The second-order valence-electron chi connectivity index (χ2n) is 5.06. The number of morpholine rings is 1. The average molecular weight is 305 g/mol. The number of benzene rings is 1. The van der Waals surface area contributed by atoms with E-state index in [-0.39, 0.29) is 19.1 Å². The quantitative estimate of drug-likeness (QED) is 0.849. The Morgan fingerprint density at radius 2 is 2.23 bits per heavy atom. The Hall–Kier alpha value is -2.34. The van der Waals surface area contributed by atoms with Crippen molar-refractivity contribution in [1.29, 1.82) is 0 Å². The summed E-state index contributed by atoms with van der Waals surface area (Å²) in [5.41, 5.74) is 1.86. The number of carbonyl (C=O) groups is 2. The Kier molecular flexibility index (Phi) is 5.16. The number of amides is 1. The Morgan fingerprint density at radius 3 is 2.91 bits per heavy atom. The van der Waals surface area contributed by atoms with Crippen LogP contribution in [0.15, 0.2) is 24.3 Å². The van der Waals surface area contributed by atoms with Crippen LogP contribution in [-0.4, -0.2) is 54.8 Å². The highest BCUT2D eigenvalue weighted by molar-refractivity contribution is 5.92. The van der Waals surface area contributed by atoms with Gasteiger partial charge < -0.3 is 19.5 Å². The van der Waals surface area contributed by atoms with Gasteiger partial charge in [-0.3, -0.25) is 4.79 Å². The lowest BCUT2D eigenvalue weighted by Gasteiger charge is -2.30. The number of aryl methyl sites for hydroxylation is 1. The molecule has 1 amide bonds. The number of carboxylic acid groups (broad SMARTS) is 1. The summed E-state index contributed by atoms with van der Waals surface area (Å²) in [6.07, 6.45) is 2.15. The van der Waals surface area contributed by atoms with Gasteiger partial charge in [-0.2, -0.15) is 0 Å². The van der Waals surface area contributed by atoms with E-state index in [1.54, 1.807) is 13.2 Å². The number of carbonyl (C=O) groups excluding carboxylic acids is 1. The third-order valence-electron chi connectivity index (χ3n) is 3.44. The molecule has 22 heavy (non-hydrogen) atoms. The fourth-order valence-corrected chi connectivity index (χ4v) is 2.25. The zero-order valence-corrected chi connectivity index (χ0v) is 12.6. The zero-order valence-electron chi connectivity index (χ0n) is 12.6. The highest BCUT2D eigenvalue weighted by atomic mass is 16.5. The van der Waals surface area contributed by atoms with Gasteiger partial charge >= 0.3 is 5.97 Å². The van der Waals surface area contributed by atoms with Crippen LogP contribution in [0, 0.1) is 6.92 Å². The number of ether oxygens (including phenoxy) is 2. The van der Waals surface area contributed by atoms with Gasteiger partial charge in [0.05, 0.1) is 20.3 Å². The van der Waals surface area contributed by atoms with Crippen molar-refractivity contribution in [1.82, 2.24) is 4.90 Å². The largest absolute Gasteiger partial charge is 0.496 e. The molecule has 1 saturated heterocycles. The Labute approximate surface area is 128 Å². The van der Waals surface area contributed by atoms with E-state index in [2.05, 4.69) is 0 Å². The second kappa shape index (κ2) is 7.09. The van der Waals surface area contributed by atoms with E-state index in [1.807, 2.05) is 25.1 Å². The fourth-order valence-electron chi connectivity index (χ4n) is 2.25. The summed E-state index contributed by atoms with van der Waals surface area (Å²) in [6, 6.07) is 5.69. The van der Waals surface area contributed by atoms with Gasteiger partial charge in [0.25, 0.3) is 0 Å². The minimum absolute atomic E-state index is 0.0590. The molecular formula is C16H19NO5. The maximum absolute atomic E-state index is 12.2. The van der Waals surface area contributed by atoms with Gasteiger partial charge in [0.1, 0.15) is 5.75 Å². The predicted octanol–water partition coefficient (Wildman–Crippen LogP) is 1.33. The molecule has 0 bridgehead atoms. The molecule has 1 aliphatic heterocycles. The summed E-state index contributed by atoms with van der Waals surface area (Å²) in [7, 11) is 1.57. The van der Waals surface area contributed by atoms with Crippen molar-refractivity contribution in [2.24, 2.45) is 0 Å². The number of aliphatic carboxylic acids is 1. The topological polar surface area (TPSA) is 76.1 Å². The number of methoxy groups -OCH3 is 1. The predicted molar refractivity (Wildman–Crippen MR) is 80.7 cm³/mol. The van der Waals surface area contributed by atoms with Crippen LogP contribution in [0.2, 0.25) is 0 Å². The van der Waals surface area contributed by atoms with Crippen LogP contribution in [0.5, 0.6) is 5.75 Å². The molecule has 0 aromatic heterocycles. The van der Waals surface area contributed by atoms with Gasteiger partial charge in [0, 0.05) is 18.2 Å². The van der Waals surface area contributed by atoms with Gasteiger partial charge in [-0.15, -0.1) is 0 Å². The molecule has 0 spiro atoms. The van der Waals surface area contributed by atoms with Crippen molar-refractivity contribution in [2.45, 2.75) is 13.0 Å². The Bertz CT molecular complexity index is 596. The molecule has 1 N–H and O–H groups in total. The third-order valence-corrected chi connectivity index (χ3v) is 3.44. The van der Waals surface area contributed by atoms with Crippen LogP contribution in [-0.2, 0) is 14.3 Å². The number of hydrogen-bond acceptors (Lipinski definition) is 4. The summed E-state index contributed by atoms with van der Waals surface area (Å²) >= 11 is 0. The molecule has 0 radical (unpaired) electrons. The van der Waals surface area contributed by atoms with Crippen LogP contribution in [0.4, 0.5) is 0 Å². The monoisotopic (exact) mass is 305 g/mol. The van der Waals surface area contributed by atoms with Crippen molar-refractivity contribution in [3.63, 3.8) is 0 Å². The Morgan fingerprint density at radius 1 is 1.45 bits per heavy atom. The van der Waals surface area contributed by atoms with Crippen molar-refractivity contribution in [3.05, 3.63) is 35.4 Å². The van der Waals surface area contributed by atoms with Gasteiger partial charge in [0.2, 0.25) is 5.91 Å². The lowest BCUT2D eigenvalue weighted by Crippen LogP contribution is -2.48. The Balaban J connectivity index is 2.08. The lowest BCUT2D eigenvalue weighted by atomic mass is 10.1. The molecular weight excluding hydrogens is 286 g/mol. The van der Waals surface area contributed by atoms with Crippen molar-refractivity contribution >= 4 is 18.0 Å². The van der Waals surface area contributed by atoms with E-state index in [0.717, 1.165) is 11.1 Å². The maximum Gasteiger partial charge on any atom is 0.334 e. The van der Waals surface area contributed by atoms with Gasteiger partial charge in [-0.05, 0) is 25.1 Å². The SMILES string of the molecule is COc1ccc(C)cc1C=CC(=O)N1CCOC(C(=O)O)C1. The van der Waals surface area contributed by atoms with Crippen LogP contribution in [0.1, 0.15) is 11.1 Å². The molecule has 1 unspecified atom stereocenters. The van der Waals surface area contributed by atoms with Crippen LogP contribution >= 0.6 is 0 Å². The fraction of sp³-hybridized carbons (Fsp3) is 0.375. The number of rotatable bonds is 4. The number of carboxylic acids is 1. The molecule has 0 saturated carbocycles. The molecule has 1 heterocycles. The first-order valence-electron chi connectivity index (χ1n) is 6.97. The van der Waals surface area contributed by atoms with Crippen molar-refractivity contribution in [2.75, 3.05) is 26.8 Å². The molecule has 1 aromatic rings. The van der Waals surface area contributed by atoms with Crippen molar-refractivity contribution in [3.8, 4) is 5.75 Å². The van der Waals surface area contributed by atoms with Crippen LogP contribution in [0.3, 0.4) is 0 Å². The van der Waals surface area contributed by atoms with E-state index >= 15 is 0 Å².